The predicted octanol–water partition coefficient (Wildman–Crippen LogP) is 3.22. The zero-order chi connectivity index (χ0) is 17.7. The van der Waals surface area contributed by atoms with E-state index in [9.17, 15) is 18.0 Å². The molecular weight excluding hydrogens is 319 g/mol. The molecule has 0 aliphatic heterocycles. The van der Waals surface area contributed by atoms with Gasteiger partial charge in [-0.1, -0.05) is 19.9 Å². The van der Waals surface area contributed by atoms with Crippen molar-refractivity contribution < 1.29 is 13.2 Å². The van der Waals surface area contributed by atoms with E-state index in [0.717, 1.165) is 22.4 Å². The summed E-state index contributed by atoms with van der Waals surface area (Å²) in [6.07, 6.45) is -3.11. The summed E-state index contributed by atoms with van der Waals surface area (Å²) >= 11 is 0. The molecule has 0 saturated heterocycles. The van der Waals surface area contributed by atoms with Gasteiger partial charge in [0.15, 0.2) is 0 Å². The zero-order valence-electron chi connectivity index (χ0n) is 13.4. The smallest absolute Gasteiger partial charge is 0.323 e. The summed E-state index contributed by atoms with van der Waals surface area (Å²) < 4.78 is 39.6. The van der Waals surface area contributed by atoms with E-state index in [1.807, 2.05) is 0 Å². The van der Waals surface area contributed by atoms with Gasteiger partial charge in [-0.2, -0.15) is 23.0 Å². The van der Waals surface area contributed by atoms with Crippen molar-refractivity contribution in [3.05, 3.63) is 57.5 Å². The molecule has 2 aromatic rings. The SMILES string of the molecule is CC1(C)Cc2cc(=O)n(-c3cccc(C(F)(F)F)c3)nc2C(N)C1. The number of hydrogen-bond donors (Lipinski definition) is 1. The van der Waals surface area contributed by atoms with Crippen molar-refractivity contribution in [3.8, 4) is 5.69 Å². The molecule has 0 bridgehead atoms. The van der Waals surface area contributed by atoms with Crippen LogP contribution < -0.4 is 11.3 Å². The molecule has 1 aromatic heterocycles. The second-order valence-corrected chi connectivity index (χ2v) is 7.00. The van der Waals surface area contributed by atoms with Gasteiger partial charge in [-0.25, -0.2) is 0 Å². The third-order valence-electron chi connectivity index (χ3n) is 4.25. The fourth-order valence-corrected chi connectivity index (χ4v) is 3.24. The fourth-order valence-electron chi connectivity index (χ4n) is 3.24. The van der Waals surface area contributed by atoms with Crippen LogP contribution in [0.25, 0.3) is 5.69 Å². The Morgan fingerprint density at radius 1 is 1.29 bits per heavy atom. The number of nitrogens with two attached hydrogens (primary N) is 1. The number of fused-ring (bicyclic) bond motifs is 1. The van der Waals surface area contributed by atoms with E-state index in [0.29, 0.717) is 18.5 Å². The molecule has 3 rings (SSSR count). The number of alkyl halides is 3. The average molecular weight is 337 g/mol. The van der Waals surface area contributed by atoms with Gasteiger partial charge in [-0.05, 0) is 42.0 Å². The van der Waals surface area contributed by atoms with Crippen LogP contribution in [-0.2, 0) is 12.6 Å². The molecule has 0 radical (unpaired) electrons. The number of aromatic nitrogens is 2. The van der Waals surface area contributed by atoms with Crippen molar-refractivity contribution in [3.63, 3.8) is 0 Å². The molecule has 0 spiro atoms. The maximum atomic E-state index is 12.9. The summed E-state index contributed by atoms with van der Waals surface area (Å²) in [5, 5.41) is 4.26. The molecule has 1 aliphatic carbocycles. The molecule has 24 heavy (non-hydrogen) atoms. The Bertz CT molecular complexity index is 840. The summed E-state index contributed by atoms with van der Waals surface area (Å²) in [6, 6.07) is 5.65. The third-order valence-corrected chi connectivity index (χ3v) is 4.25. The quantitative estimate of drug-likeness (QED) is 0.869. The highest BCUT2D eigenvalue weighted by Gasteiger charge is 2.33. The Labute approximate surface area is 137 Å². The van der Waals surface area contributed by atoms with Gasteiger partial charge in [-0.15, -0.1) is 0 Å². The Morgan fingerprint density at radius 2 is 2.00 bits per heavy atom. The Morgan fingerprint density at radius 3 is 2.67 bits per heavy atom. The lowest BCUT2D eigenvalue weighted by molar-refractivity contribution is -0.137. The first-order valence-corrected chi connectivity index (χ1v) is 7.63. The maximum absolute atomic E-state index is 12.9. The van der Waals surface area contributed by atoms with Crippen LogP contribution in [0.5, 0.6) is 0 Å². The molecule has 128 valence electrons. The number of rotatable bonds is 1. The summed E-state index contributed by atoms with van der Waals surface area (Å²) in [7, 11) is 0. The predicted molar refractivity (Wildman–Crippen MR) is 83.9 cm³/mol. The van der Waals surface area contributed by atoms with Crippen molar-refractivity contribution >= 4 is 0 Å². The van der Waals surface area contributed by atoms with Gasteiger partial charge < -0.3 is 5.73 Å². The van der Waals surface area contributed by atoms with E-state index < -0.39 is 17.3 Å². The van der Waals surface area contributed by atoms with Gasteiger partial charge >= 0.3 is 6.18 Å². The molecule has 1 aliphatic rings. The molecule has 1 aromatic carbocycles. The molecule has 7 heteroatoms. The van der Waals surface area contributed by atoms with E-state index in [4.69, 9.17) is 5.73 Å². The Hall–Kier alpha value is -2.15. The Balaban J connectivity index is 2.12. The second-order valence-electron chi connectivity index (χ2n) is 7.00. The molecule has 0 fully saturated rings. The largest absolute Gasteiger partial charge is 0.416 e. The standard InChI is InChI=1S/C17H18F3N3O/c1-16(2)8-10-6-14(24)23(22-15(10)13(21)9-16)12-5-3-4-11(7-12)17(18,19)20/h3-7,13H,8-9,21H2,1-2H3. The zero-order valence-corrected chi connectivity index (χ0v) is 13.4. The first-order chi connectivity index (χ1) is 11.1. The third kappa shape index (κ3) is 3.08. The molecule has 1 heterocycles. The molecule has 0 amide bonds. The van der Waals surface area contributed by atoms with Crippen molar-refractivity contribution in [1.82, 2.24) is 9.78 Å². The second kappa shape index (κ2) is 5.44. The number of halogens is 3. The minimum Gasteiger partial charge on any atom is -0.323 e. The van der Waals surface area contributed by atoms with Crippen LogP contribution in [0, 0.1) is 5.41 Å². The molecule has 4 nitrogen and oxygen atoms in total. The topological polar surface area (TPSA) is 60.9 Å². The van der Waals surface area contributed by atoms with Crippen LogP contribution >= 0.6 is 0 Å². The molecule has 1 atom stereocenters. The minimum absolute atomic E-state index is 0.0388. The lowest BCUT2D eigenvalue weighted by atomic mass is 9.74. The van der Waals surface area contributed by atoms with Gasteiger partial charge in [-0.3, -0.25) is 4.79 Å². The molecular formula is C17H18F3N3O. The average Bonchev–Trinajstić information content (AvgIpc) is 2.44. The number of nitrogens with zero attached hydrogens (tertiary/aromatic N) is 2. The van der Waals surface area contributed by atoms with Gasteiger partial charge in [0.05, 0.1) is 16.9 Å². The molecule has 0 saturated carbocycles. The Kier molecular flexibility index (Phi) is 3.79. The van der Waals surface area contributed by atoms with Crippen LogP contribution in [0.3, 0.4) is 0 Å². The van der Waals surface area contributed by atoms with E-state index in [2.05, 4.69) is 18.9 Å². The van der Waals surface area contributed by atoms with Gasteiger partial charge in [0.1, 0.15) is 0 Å². The molecule has 1 unspecified atom stereocenters. The number of hydrogen-bond acceptors (Lipinski definition) is 3. The van der Waals surface area contributed by atoms with Crippen LogP contribution in [-0.4, -0.2) is 9.78 Å². The summed E-state index contributed by atoms with van der Waals surface area (Å²) in [4.78, 5) is 12.3. The summed E-state index contributed by atoms with van der Waals surface area (Å²) in [6.45, 7) is 4.13. The van der Waals surface area contributed by atoms with Crippen molar-refractivity contribution in [2.45, 2.75) is 38.9 Å². The summed E-state index contributed by atoms with van der Waals surface area (Å²) in [5.74, 6) is 0. The maximum Gasteiger partial charge on any atom is 0.416 e. The van der Waals surface area contributed by atoms with E-state index in [-0.39, 0.29) is 17.1 Å². The summed E-state index contributed by atoms with van der Waals surface area (Å²) in [5.41, 5.74) is 6.26. The van der Waals surface area contributed by atoms with E-state index in [1.165, 1.54) is 18.2 Å². The van der Waals surface area contributed by atoms with Crippen LogP contribution in [0.2, 0.25) is 0 Å². The minimum atomic E-state index is -4.48. The highest BCUT2D eigenvalue weighted by molar-refractivity contribution is 5.37. The van der Waals surface area contributed by atoms with Crippen LogP contribution in [0.1, 0.15) is 43.1 Å². The first kappa shape index (κ1) is 16.7. The van der Waals surface area contributed by atoms with Crippen molar-refractivity contribution in [1.29, 1.82) is 0 Å². The number of benzene rings is 1. The normalized spacial score (nSPS) is 19.8. The monoisotopic (exact) mass is 337 g/mol. The molecule has 2 N–H and O–H groups in total. The van der Waals surface area contributed by atoms with Crippen molar-refractivity contribution in [2.75, 3.05) is 0 Å². The van der Waals surface area contributed by atoms with Gasteiger partial charge in [0.2, 0.25) is 0 Å². The van der Waals surface area contributed by atoms with E-state index in [1.54, 1.807) is 0 Å². The van der Waals surface area contributed by atoms with Gasteiger partial charge in [0, 0.05) is 12.1 Å². The van der Waals surface area contributed by atoms with E-state index >= 15 is 0 Å². The lowest BCUT2D eigenvalue weighted by Crippen LogP contribution is -2.35. The highest BCUT2D eigenvalue weighted by Crippen LogP contribution is 2.38. The highest BCUT2D eigenvalue weighted by atomic mass is 19.4. The fraction of sp³-hybridized carbons (Fsp3) is 0.412. The van der Waals surface area contributed by atoms with Crippen LogP contribution in [0.15, 0.2) is 35.1 Å². The van der Waals surface area contributed by atoms with Crippen LogP contribution in [0.4, 0.5) is 13.2 Å². The lowest BCUT2D eigenvalue weighted by Gasteiger charge is -2.34. The van der Waals surface area contributed by atoms with Gasteiger partial charge in [0.25, 0.3) is 5.56 Å². The first-order valence-electron chi connectivity index (χ1n) is 7.63. The van der Waals surface area contributed by atoms with Crippen molar-refractivity contribution in [2.24, 2.45) is 11.1 Å².